The molecule has 3 heterocycles. The second-order valence-electron chi connectivity index (χ2n) is 9.72. The molecule has 2 aliphatic heterocycles. The van der Waals surface area contributed by atoms with Gasteiger partial charge in [-0.05, 0) is 49.6 Å². The number of aromatic nitrogens is 2. The van der Waals surface area contributed by atoms with Gasteiger partial charge in [0.25, 0.3) is 0 Å². The summed E-state index contributed by atoms with van der Waals surface area (Å²) in [6.45, 7) is 4.22. The van der Waals surface area contributed by atoms with Gasteiger partial charge >= 0.3 is 5.97 Å². The highest BCUT2D eigenvalue weighted by atomic mass is 16.7. The van der Waals surface area contributed by atoms with E-state index in [9.17, 15) is 9.59 Å². The van der Waals surface area contributed by atoms with E-state index in [1.807, 2.05) is 55.5 Å². The van der Waals surface area contributed by atoms with Crippen LogP contribution in [0, 0.1) is 12.8 Å². The molecule has 1 unspecified atom stereocenters. The molecule has 0 saturated carbocycles. The summed E-state index contributed by atoms with van der Waals surface area (Å²) in [4.78, 5) is 43.8. The highest BCUT2D eigenvalue weighted by Gasteiger charge is 2.58. The third-order valence-corrected chi connectivity index (χ3v) is 7.58. The number of methoxy groups -OCH3 is 2. The van der Waals surface area contributed by atoms with Crippen LogP contribution in [0.3, 0.4) is 0 Å². The van der Waals surface area contributed by atoms with Gasteiger partial charge in [-0.1, -0.05) is 24.3 Å². The maximum atomic E-state index is 13.1. The van der Waals surface area contributed by atoms with Gasteiger partial charge in [0.15, 0.2) is 0 Å². The average Bonchev–Trinajstić information content (AvgIpc) is 3.19. The van der Waals surface area contributed by atoms with Crippen molar-refractivity contribution in [1.29, 1.82) is 0 Å². The second-order valence-corrected chi connectivity index (χ2v) is 9.72. The van der Waals surface area contributed by atoms with Crippen molar-refractivity contribution in [2.75, 3.05) is 27.3 Å². The molecule has 9 nitrogen and oxygen atoms in total. The highest BCUT2D eigenvalue weighted by molar-refractivity contribution is 5.88. The van der Waals surface area contributed by atoms with Crippen LogP contribution in [0.1, 0.15) is 36.2 Å². The first kappa shape index (κ1) is 25.1. The summed E-state index contributed by atoms with van der Waals surface area (Å²) in [6, 6.07) is 15.4. The number of esters is 1. The predicted molar refractivity (Wildman–Crippen MR) is 136 cm³/mol. The van der Waals surface area contributed by atoms with Crippen LogP contribution in [0.5, 0.6) is 5.75 Å². The van der Waals surface area contributed by atoms with Crippen LogP contribution in [0.15, 0.2) is 48.5 Å². The van der Waals surface area contributed by atoms with Crippen LogP contribution in [-0.4, -0.2) is 64.7 Å². The largest absolute Gasteiger partial charge is 0.497 e. The Kier molecular flexibility index (Phi) is 7.08. The standard InChI is InChI=1S/C28H32N4O5/c1-19-25(30-24-10-5-4-9-23(24)29-19)17-31-13-11-28(12-14-31)22(27(34)36-3)16-26(33)32(28)37-18-20-7-6-8-21(15-20)35-2/h4-10,15,22H,11-14,16-18H2,1-3H3. The number of piperidine rings is 1. The molecular formula is C28H32N4O5. The van der Waals surface area contributed by atoms with Gasteiger partial charge in [0, 0.05) is 26.1 Å². The van der Waals surface area contributed by atoms with Gasteiger partial charge in [0.05, 0.1) is 48.1 Å². The molecule has 2 fully saturated rings. The molecule has 0 N–H and O–H groups in total. The number of carbonyl (C=O) groups is 2. The van der Waals surface area contributed by atoms with Crippen LogP contribution < -0.4 is 4.74 Å². The highest BCUT2D eigenvalue weighted by Crippen LogP contribution is 2.45. The molecule has 1 atom stereocenters. The van der Waals surface area contributed by atoms with Gasteiger partial charge in [0.2, 0.25) is 5.91 Å². The van der Waals surface area contributed by atoms with E-state index in [1.165, 1.54) is 12.2 Å². The van der Waals surface area contributed by atoms with E-state index in [0.29, 0.717) is 32.5 Å². The molecule has 9 heteroatoms. The van der Waals surface area contributed by atoms with Crippen molar-refractivity contribution in [3.8, 4) is 5.75 Å². The van der Waals surface area contributed by atoms with Crippen LogP contribution in [0.25, 0.3) is 11.0 Å². The molecule has 37 heavy (non-hydrogen) atoms. The van der Waals surface area contributed by atoms with Gasteiger partial charge < -0.3 is 9.47 Å². The number of benzene rings is 2. The van der Waals surface area contributed by atoms with Gasteiger partial charge in [-0.15, -0.1) is 0 Å². The van der Waals surface area contributed by atoms with Crippen LogP contribution in [0.2, 0.25) is 0 Å². The zero-order chi connectivity index (χ0) is 26.0. The van der Waals surface area contributed by atoms with E-state index in [4.69, 9.17) is 24.3 Å². The zero-order valence-electron chi connectivity index (χ0n) is 21.5. The Bertz CT molecular complexity index is 1300. The molecule has 194 valence electrons. The number of para-hydroxylation sites is 2. The summed E-state index contributed by atoms with van der Waals surface area (Å²) in [7, 11) is 2.98. The smallest absolute Gasteiger partial charge is 0.311 e. The first-order valence-corrected chi connectivity index (χ1v) is 12.5. The number of rotatable bonds is 7. The minimum atomic E-state index is -0.746. The average molecular weight is 505 g/mol. The number of carbonyl (C=O) groups excluding carboxylic acids is 2. The number of aryl methyl sites for hydroxylation is 1. The van der Waals surface area contributed by atoms with Crippen molar-refractivity contribution < 1.29 is 23.9 Å². The molecule has 0 bridgehead atoms. The molecule has 1 amide bonds. The first-order chi connectivity index (χ1) is 17.9. The normalized spacial score (nSPS) is 19.5. The van der Waals surface area contributed by atoms with Crippen molar-refractivity contribution in [3.05, 3.63) is 65.5 Å². The predicted octanol–water partition coefficient (Wildman–Crippen LogP) is 3.43. The molecule has 2 aromatic carbocycles. The van der Waals surface area contributed by atoms with E-state index in [1.54, 1.807) is 7.11 Å². The Morgan fingerprint density at radius 3 is 2.49 bits per heavy atom. The van der Waals surface area contributed by atoms with Crippen molar-refractivity contribution in [2.45, 2.75) is 44.9 Å². The molecule has 1 spiro atoms. The van der Waals surface area contributed by atoms with E-state index >= 15 is 0 Å². The third-order valence-electron chi connectivity index (χ3n) is 7.58. The van der Waals surface area contributed by atoms with E-state index in [0.717, 1.165) is 33.7 Å². The topological polar surface area (TPSA) is 94.1 Å². The van der Waals surface area contributed by atoms with Gasteiger partial charge in [-0.3, -0.25) is 19.3 Å². The molecule has 0 aliphatic carbocycles. The Morgan fingerprint density at radius 2 is 1.78 bits per heavy atom. The number of likely N-dealkylation sites (tertiary alicyclic amines) is 1. The molecule has 2 aliphatic rings. The lowest BCUT2D eigenvalue weighted by atomic mass is 9.77. The lowest BCUT2D eigenvalue weighted by Gasteiger charge is -2.45. The van der Waals surface area contributed by atoms with Crippen LogP contribution in [-0.2, 0) is 32.3 Å². The minimum Gasteiger partial charge on any atom is -0.497 e. The van der Waals surface area contributed by atoms with Crippen LogP contribution >= 0.6 is 0 Å². The number of amides is 1. The van der Waals surface area contributed by atoms with Crippen LogP contribution in [0.4, 0.5) is 0 Å². The fourth-order valence-corrected chi connectivity index (χ4v) is 5.52. The summed E-state index contributed by atoms with van der Waals surface area (Å²) in [5, 5.41) is 1.46. The molecule has 0 radical (unpaired) electrons. The van der Waals surface area contributed by atoms with Crippen molar-refractivity contribution in [1.82, 2.24) is 19.9 Å². The summed E-state index contributed by atoms with van der Waals surface area (Å²) < 4.78 is 10.4. The van der Waals surface area contributed by atoms with Crippen molar-refractivity contribution >= 4 is 22.9 Å². The number of hydrogen-bond donors (Lipinski definition) is 0. The fraction of sp³-hybridized carbons (Fsp3) is 0.429. The fourth-order valence-electron chi connectivity index (χ4n) is 5.52. The monoisotopic (exact) mass is 504 g/mol. The quantitative estimate of drug-likeness (QED) is 0.452. The second kappa shape index (κ2) is 10.4. The molecule has 5 rings (SSSR count). The van der Waals surface area contributed by atoms with Gasteiger partial charge in [0.1, 0.15) is 12.4 Å². The lowest BCUT2D eigenvalue weighted by molar-refractivity contribution is -0.229. The Morgan fingerprint density at radius 1 is 1.05 bits per heavy atom. The lowest BCUT2D eigenvalue weighted by Crippen LogP contribution is -2.57. The van der Waals surface area contributed by atoms with Gasteiger partial charge in [-0.25, -0.2) is 15.0 Å². The Balaban J connectivity index is 1.33. The number of hydrogen-bond acceptors (Lipinski definition) is 8. The first-order valence-electron chi connectivity index (χ1n) is 12.5. The van der Waals surface area contributed by atoms with E-state index in [2.05, 4.69) is 4.90 Å². The Labute approximate surface area is 216 Å². The summed E-state index contributed by atoms with van der Waals surface area (Å²) in [5.41, 5.74) is 3.74. The SMILES string of the molecule is COC(=O)C1CC(=O)N(OCc2cccc(OC)c2)C12CCN(Cc1nc3ccccc3nc1C)CC2. The van der Waals surface area contributed by atoms with Crippen molar-refractivity contribution in [3.63, 3.8) is 0 Å². The summed E-state index contributed by atoms with van der Waals surface area (Å²) >= 11 is 0. The third kappa shape index (κ3) is 4.89. The number of fused-ring (bicyclic) bond motifs is 1. The molecule has 3 aromatic rings. The van der Waals surface area contributed by atoms with E-state index < -0.39 is 11.5 Å². The number of nitrogens with zero attached hydrogens (tertiary/aromatic N) is 4. The molecular weight excluding hydrogens is 472 g/mol. The zero-order valence-corrected chi connectivity index (χ0v) is 21.5. The number of ether oxygens (including phenoxy) is 2. The van der Waals surface area contributed by atoms with Gasteiger partial charge in [-0.2, -0.15) is 0 Å². The summed E-state index contributed by atoms with van der Waals surface area (Å²) in [6.07, 6.45) is 1.27. The molecule has 1 aromatic heterocycles. The Hall–Kier alpha value is -3.56. The number of hydroxylamine groups is 2. The maximum Gasteiger partial charge on any atom is 0.311 e. The molecule has 2 saturated heterocycles. The summed E-state index contributed by atoms with van der Waals surface area (Å²) in [5.74, 6) is -0.412. The maximum absolute atomic E-state index is 13.1. The van der Waals surface area contributed by atoms with E-state index in [-0.39, 0.29) is 24.9 Å². The van der Waals surface area contributed by atoms with Crippen molar-refractivity contribution in [2.24, 2.45) is 5.92 Å². The minimum absolute atomic E-state index is 0.0834.